The van der Waals surface area contributed by atoms with Gasteiger partial charge in [-0.15, -0.1) is 0 Å². The second-order valence-corrected chi connectivity index (χ2v) is 6.96. The molecule has 2 rings (SSSR count). The van der Waals surface area contributed by atoms with E-state index in [2.05, 4.69) is 15.6 Å². The molecule has 0 radical (unpaired) electrons. The third-order valence-electron chi connectivity index (χ3n) is 4.11. The average molecular weight is 402 g/mol. The summed E-state index contributed by atoms with van der Waals surface area (Å²) in [5, 5.41) is 5.56. The number of aromatic nitrogens is 1. The number of aryl methyl sites for hydroxylation is 1. The molecule has 2 amide bonds. The lowest BCUT2D eigenvalue weighted by Gasteiger charge is -2.20. The SMILES string of the molecule is Cc1nc(NC(=O)COC(=O)CNC(=O)C2CCCCC2)c(Cl)cc1Cl. The second-order valence-electron chi connectivity index (χ2n) is 6.15. The Hall–Kier alpha value is -1.86. The highest BCUT2D eigenvalue weighted by Crippen LogP contribution is 2.25. The van der Waals surface area contributed by atoms with Crippen LogP contribution in [0.25, 0.3) is 0 Å². The van der Waals surface area contributed by atoms with E-state index in [1.807, 2.05) is 0 Å². The summed E-state index contributed by atoms with van der Waals surface area (Å²) in [6, 6.07) is 1.47. The predicted molar refractivity (Wildman–Crippen MR) is 98.2 cm³/mol. The van der Waals surface area contributed by atoms with Gasteiger partial charge in [0, 0.05) is 5.92 Å². The Morgan fingerprint density at radius 2 is 1.88 bits per heavy atom. The van der Waals surface area contributed by atoms with Crippen LogP contribution >= 0.6 is 23.2 Å². The number of hydrogen-bond donors (Lipinski definition) is 2. The summed E-state index contributed by atoms with van der Waals surface area (Å²) in [6.07, 6.45) is 4.90. The Morgan fingerprint density at radius 1 is 1.19 bits per heavy atom. The maximum atomic E-state index is 11.9. The highest BCUT2D eigenvalue weighted by Gasteiger charge is 2.21. The fourth-order valence-electron chi connectivity index (χ4n) is 2.68. The van der Waals surface area contributed by atoms with E-state index in [4.69, 9.17) is 27.9 Å². The summed E-state index contributed by atoms with van der Waals surface area (Å²) >= 11 is 11.8. The zero-order valence-corrected chi connectivity index (χ0v) is 16.0. The molecule has 0 atom stereocenters. The number of carbonyl (C=O) groups excluding carboxylic acids is 3. The van der Waals surface area contributed by atoms with Gasteiger partial charge in [-0.3, -0.25) is 14.4 Å². The van der Waals surface area contributed by atoms with E-state index in [-0.39, 0.29) is 29.2 Å². The number of hydrogen-bond acceptors (Lipinski definition) is 5. The molecule has 1 aliphatic carbocycles. The van der Waals surface area contributed by atoms with Crippen LogP contribution in [0, 0.1) is 12.8 Å². The van der Waals surface area contributed by atoms with Crippen LogP contribution < -0.4 is 10.6 Å². The molecular formula is C17H21Cl2N3O4. The molecule has 1 aromatic heterocycles. The number of carbonyl (C=O) groups is 3. The van der Waals surface area contributed by atoms with Crippen LogP contribution in [-0.4, -0.2) is 35.9 Å². The minimum atomic E-state index is -0.685. The van der Waals surface area contributed by atoms with Crippen LogP contribution in [0.4, 0.5) is 5.82 Å². The predicted octanol–water partition coefficient (Wildman–Crippen LogP) is 2.88. The van der Waals surface area contributed by atoms with Gasteiger partial charge in [0.05, 0.1) is 15.7 Å². The molecule has 1 saturated carbocycles. The van der Waals surface area contributed by atoms with Crippen molar-refractivity contribution < 1.29 is 19.1 Å². The van der Waals surface area contributed by atoms with Gasteiger partial charge in [-0.2, -0.15) is 0 Å². The number of halogens is 2. The van der Waals surface area contributed by atoms with E-state index in [1.54, 1.807) is 6.92 Å². The highest BCUT2D eigenvalue weighted by atomic mass is 35.5. The molecular weight excluding hydrogens is 381 g/mol. The molecule has 0 saturated heterocycles. The summed E-state index contributed by atoms with van der Waals surface area (Å²) in [5.41, 5.74) is 0.508. The Kier molecular flexibility index (Phi) is 7.66. The number of nitrogens with one attached hydrogen (secondary N) is 2. The Balaban J connectivity index is 1.72. The third kappa shape index (κ3) is 6.14. The summed E-state index contributed by atoms with van der Waals surface area (Å²) in [6.45, 7) is 0.906. The van der Waals surface area contributed by atoms with Crippen LogP contribution in [0.5, 0.6) is 0 Å². The topological polar surface area (TPSA) is 97.4 Å². The van der Waals surface area contributed by atoms with Crippen LogP contribution in [0.2, 0.25) is 10.0 Å². The lowest BCUT2D eigenvalue weighted by Crippen LogP contribution is -2.36. The van der Waals surface area contributed by atoms with Crippen LogP contribution in [0.1, 0.15) is 37.8 Å². The largest absolute Gasteiger partial charge is 0.454 e. The standard InChI is InChI=1S/C17H21Cl2N3O4/c1-10-12(18)7-13(19)16(21-10)22-14(23)9-26-15(24)8-20-17(25)11-5-3-2-4-6-11/h7,11H,2-6,8-9H2,1H3,(H,20,25)(H,21,22,23). The average Bonchev–Trinajstić information content (AvgIpc) is 2.63. The normalized spacial score (nSPS) is 14.6. The van der Waals surface area contributed by atoms with Crippen molar-refractivity contribution >= 4 is 46.8 Å². The van der Waals surface area contributed by atoms with E-state index < -0.39 is 18.5 Å². The molecule has 0 unspecified atom stereocenters. The van der Waals surface area contributed by atoms with Gasteiger partial charge in [0.15, 0.2) is 12.4 Å². The minimum Gasteiger partial charge on any atom is -0.454 e. The molecule has 0 bridgehead atoms. The van der Waals surface area contributed by atoms with Gasteiger partial charge < -0.3 is 15.4 Å². The van der Waals surface area contributed by atoms with E-state index >= 15 is 0 Å². The zero-order chi connectivity index (χ0) is 19.1. The van der Waals surface area contributed by atoms with Crippen molar-refractivity contribution in [3.05, 3.63) is 21.8 Å². The first-order valence-corrected chi connectivity index (χ1v) is 9.18. The first kappa shape index (κ1) is 20.5. The number of esters is 1. The van der Waals surface area contributed by atoms with Crippen molar-refractivity contribution in [2.45, 2.75) is 39.0 Å². The van der Waals surface area contributed by atoms with Crippen molar-refractivity contribution in [1.82, 2.24) is 10.3 Å². The quantitative estimate of drug-likeness (QED) is 0.714. The smallest absolute Gasteiger partial charge is 0.325 e. The monoisotopic (exact) mass is 401 g/mol. The number of pyridine rings is 1. The second kappa shape index (κ2) is 9.73. The molecule has 1 aliphatic rings. The summed E-state index contributed by atoms with van der Waals surface area (Å²) < 4.78 is 4.84. The summed E-state index contributed by atoms with van der Waals surface area (Å²) in [5.74, 6) is -1.32. The van der Waals surface area contributed by atoms with E-state index in [0.29, 0.717) is 10.7 Å². The minimum absolute atomic E-state index is 0.0405. The van der Waals surface area contributed by atoms with E-state index in [1.165, 1.54) is 6.07 Å². The molecule has 0 aliphatic heterocycles. The highest BCUT2D eigenvalue weighted by molar-refractivity contribution is 6.36. The zero-order valence-electron chi connectivity index (χ0n) is 14.4. The molecule has 7 nitrogen and oxygen atoms in total. The molecule has 2 N–H and O–H groups in total. The number of nitrogens with zero attached hydrogens (tertiary/aromatic N) is 1. The van der Waals surface area contributed by atoms with Gasteiger partial charge in [0.2, 0.25) is 5.91 Å². The van der Waals surface area contributed by atoms with Crippen molar-refractivity contribution in [2.75, 3.05) is 18.5 Å². The fraction of sp³-hybridized carbons (Fsp3) is 0.529. The molecule has 142 valence electrons. The van der Waals surface area contributed by atoms with Crippen molar-refractivity contribution in [3.63, 3.8) is 0 Å². The van der Waals surface area contributed by atoms with Gasteiger partial charge >= 0.3 is 5.97 Å². The first-order chi connectivity index (χ1) is 12.4. The van der Waals surface area contributed by atoms with Crippen LogP contribution in [-0.2, 0) is 19.1 Å². The van der Waals surface area contributed by atoms with Gasteiger partial charge in [-0.25, -0.2) is 4.98 Å². The lowest BCUT2D eigenvalue weighted by atomic mass is 9.89. The fourth-order valence-corrected chi connectivity index (χ4v) is 3.09. The molecule has 1 heterocycles. The number of rotatable bonds is 6. The van der Waals surface area contributed by atoms with Crippen LogP contribution in [0.3, 0.4) is 0 Å². The maximum absolute atomic E-state index is 11.9. The number of anilines is 1. The van der Waals surface area contributed by atoms with Crippen molar-refractivity contribution in [3.8, 4) is 0 Å². The number of ether oxygens (including phenoxy) is 1. The lowest BCUT2D eigenvalue weighted by molar-refractivity contribution is -0.147. The Morgan fingerprint density at radius 3 is 2.58 bits per heavy atom. The molecule has 9 heteroatoms. The summed E-state index contributed by atoms with van der Waals surface area (Å²) in [4.78, 5) is 39.5. The van der Waals surface area contributed by atoms with Gasteiger partial charge in [-0.05, 0) is 25.8 Å². The number of amides is 2. The molecule has 1 fully saturated rings. The Bertz CT molecular complexity index is 691. The first-order valence-electron chi connectivity index (χ1n) is 8.42. The van der Waals surface area contributed by atoms with Gasteiger partial charge in [0.25, 0.3) is 5.91 Å². The summed E-state index contributed by atoms with van der Waals surface area (Å²) in [7, 11) is 0. The Labute approximate surface area is 161 Å². The maximum Gasteiger partial charge on any atom is 0.325 e. The van der Waals surface area contributed by atoms with Gasteiger partial charge in [-0.1, -0.05) is 42.5 Å². The molecule has 26 heavy (non-hydrogen) atoms. The van der Waals surface area contributed by atoms with Gasteiger partial charge in [0.1, 0.15) is 6.54 Å². The molecule has 0 aromatic carbocycles. The molecule has 1 aromatic rings. The third-order valence-corrected chi connectivity index (χ3v) is 4.78. The van der Waals surface area contributed by atoms with E-state index in [9.17, 15) is 14.4 Å². The van der Waals surface area contributed by atoms with Crippen molar-refractivity contribution in [1.29, 1.82) is 0 Å². The van der Waals surface area contributed by atoms with Crippen molar-refractivity contribution in [2.24, 2.45) is 5.92 Å². The molecule has 0 spiro atoms. The van der Waals surface area contributed by atoms with E-state index in [0.717, 1.165) is 32.1 Å². The van der Waals surface area contributed by atoms with Crippen LogP contribution in [0.15, 0.2) is 6.07 Å².